The van der Waals surface area contributed by atoms with Crippen LogP contribution in [0.1, 0.15) is 51.7 Å². The summed E-state index contributed by atoms with van der Waals surface area (Å²) in [6.45, 7) is 11.9. The van der Waals surface area contributed by atoms with Gasteiger partial charge < -0.3 is 0 Å². The summed E-state index contributed by atoms with van der Waals surface area (Å²) in [6, 6.07) is 21.9. The predicted octanol–water partition coefficient (Wildman–Crippen LogP) is 6.04. The number of rotatable bonds is 5. The zero-order valence-corrected chi connectivity index (χ0v) is 14.0. The molecular formula is C21H28. The van der Waals surface area contributed by atoms with E-state index in [1.165, 1.54) is 11.1 Å². The van der Waals surface area contributed by atoms with Crippen molar-refractivity contribution in [2.75, 3.05) is 0 Å². The summed E-state index contributed by atoms with van der Waals surface area (Å²) >= 11 is 0. The Morgan fingerprint density at radius 3 is 1.67 bits per heavy atom. The van der Waals surface area contributed by atoms with Gasteiger partial charge in [-0.05, 0) is 34.3 Å². The predicted molar refractivity (Wildman–Crippen MR) is 92.7 cm³/mol. The van der Waals surface area contributed by atoms with E-state index in [1.807, 2.05) is 0 Å². The lowest BCUT2D eigenvalue weighted by molar-refractivity contribution is 0.204. The van der Waals surface area contributed by atoms with Crippen LogP contribution in [0.2, 0.25) is 0 Å². The van der Waals surface area contributed by atoms with E-state index in [4.69, 9.17) is 0 Å². The van der Waals surface area contributed by atoms with E-state index in [0.29, 0.717) is 17.8 Å². The van der Waals surface area contributed by atoms with E-state index < -0.39 is 0 Å². The Kier molecular flexibility index (Phi) is 4.88. The highest BCUT2D eigenvalue weighted by Crippen LogP contribution is 2.44. The first-order valence-corrected chi connectivity index (χ1v) is 8.05. The van der Waals surface area contributed by atoms with Gasteiger partial charge in [0.2, 0.25) is 0 Å². The Labute approximate surface area is 130 Å². The third-order valence-electron chi connectivity index (χ3n) is 4.93. The fourth-order valence-corrected chi connectivity index (χ4v) is 4.06. The molecule has 112 valence electrons. The first-order valence-electron chi connectivity index (χ1n) is 8.05. The van der Waals surface area contributed by atoms with Gasteiger partial charge in [0, 0.05) is 0 Å². The van der Waals surface area contributed by atoms with Crippen LogP contribution in [0.15, 0.2) is 60.7 Å². The molecule has 0 aliphatic carbocycles. The molecule has 0 aliphatic rings. The van der Waals surface area contributed by atoms with Crippen LogP contribution < -0.4 is 0 Å². The van der Waals surface area contributed by atoms with Crippen LogP contribution in [0, 0.1) is 11.8 Å². The SMILES string of the molecule is CC(C)C(C(C)c1ccccc1)C(C)(C)c1ccccc1. The molecule has 2 atom stereocenters. The standard InChI is InChI=1S/C21H28/c1-16(2)20(17(3)18-12-8-6-9-13-18)21(4,5)19-14-10-7-11-15-19/h6-17,20H,1-5H3. The summed E-state index contributed by atoms with van der Waals surface area (Å²) in [5.74, 6) is 1.78. The van der Waals surface area contributed by atoms with E-state index in [2.05, 4.69) is 95.3 Å². The van der Waals surface area contributed by atoms with Crippen LogP contribution in [-0.4, -0.2) is 0 Å². The molecule has 0 spiro atoms. The summed E-state index contributed by atoms with van der Waals surface area (Å²) in [5.41, 5.74) is 3.04. The molecule has 0 bridgehead atoms. The van der Waals surface area contributed by atoms with Crippen molar-refractivity contribution in [1.29, 1.82) is 0 Å². The largest absolute Gasteiger partial charge is 0.0625 e. The van der Waals surface area contributed by atoms with Crippen LogP contribution in [-0.2, 0) is 5.41 Å². The fraction of sp³-hybridized carbons (Fsp3) is 0.429. The molecule has 0 N–H and O–H groups in total. The van der Waals surface area contributed by atoms with Crippen molar-refractivity contribution in [2.24, 2.45) is 11.8 Å². The van der Waals surface area contributed by atoms with Gasteiger partial charge in [0.1, 0.15) is 0 Å². The maximum absolute atomic E-state index is 2.40. The molecule has 0 radical (unpaired) electrons. The van der Waals surface area contributed by atoms with Crippen molar-refractivity contribution in [3.05, 3.63) is 71.8 Å². The Morgan fingerprint density at radius 1 is 0.714 bits per heavy atom. The second-order valence-electron chi connectivity index (χ2n) is 7.06. The molecule has 2 unspecified atom stereocenters. The van der Waals surface area contributed by atoms with Gasteiger partial charge in [0.15, 0.2) is 0 Å². The molecule has 0 fully saturated rings. The van der Waals surface area contributed by atoms with E-state index in [-0.39, 0.29) is 5.41 Å². The van der Waals surface area contributed by atoms with Crippen LogP contribution in [0.4, 0.5) is 0 Å². The lowest BCUT2D eigenvalue weighted by Crippen LogP contribution is -2.36. The number of benzene rings is 2. The van der Waals surface area contributed by atoms with Crippen molar-refractivity contribution < 1.29 is 0 Å². The van der Waals surface area contributed by atoms with Crippen molar-refractivity contribution in [2.45, 2.75) is 46.0 Å². The molecule has 0 heterocycles. The summed E-state index contributed by atoms with van der Waals surface area (Å²) in [6.07, 6.45) is 0. The minimum Gasteiger partial charge on any atom is -0.0625 e. The molecular weight excluding hydrogens is 252 g/mol. The van der Waals surface area contributed by atoms with Crippen molar-refractivity contribution in [3.63, 3.8) is 0 Å². The van der Waals surface area contributed by atoms with Crippen LogP contribution >= 0.6 is 0 Å². The minimum absolute atomic E-state index is 0.157. The summed E-state index contributed by atoms with van der Waals surface area (Å²) < 4.78 is 0. The van der Waals surface area contributed by atoms with E-state index in [9.17, 15) is 0 Å². The Balaban J connectivity index is 2.39. The normalized spacial score (nSPS) is 15.0. The van der Waals surface area contributed by atoms with Gasteiger partial charge in [0.05, 0.1) is 0 Å². The van der Waals surface area contributed by atoms with Gasteiger partial charge in [-0.1, -0.05) is 95.3 Å². The molecule has 0 amide bonds. The summed E-state index contributed by atoms with van der Waals surface area (Å²) in [5, 5.41) is 0. The Morgan fingerprint density at radius 2 is 1.19 bits per heavy atom. The topological polar surface area (TPSA) is 0 Å². The maximum Gasteiger partial charge on any atom is -0.00672 e. The molecule has 2 aromatic carbocycles. The molecule has 0 heteroatoms. The highest BCUT2D eigenvalue weighted by atomic mass is 14.4. The van der Waals surface area contributed by atoms with E-state index in [0.717, 1.165) is 0 Å². The van der Waals surface area contributed by atoms with E-state index >= 15 is 0 Å². The highest BCUT2D eigenvalue weighted by molar-refractivity contribution is 5.28. The monoisotopic (exact) mass is 280 g/mol. The fourth-order valence-electron chi connectivity index (χ4n) is 4.06. The lowest BCUT2D eigenvalue weighted by Gasteiger charge is -2.42. The molecule has 0 saturated carbocycles. The Hall–Kier alpha value is -1.56. The third-order valence-corrected chi connectivity index (χ3v) is 4.93. The average molecular weight is 280 g/mol. The zero-order valence-electron chi connectivity index (χ0n) is 14.0. The van der Waals surface area contributed by atoms with Crippen molar-refractivity contribution >= 4 is 0 Å². The molecule has 0 saturated heterocycles. The smallest absolute Gasteiger partial charge is 0.00672 e. The van der Waals surface area contributed by atoms with Gasteiger partial charge in [0.25, 0.3) is 0 Å². The maximum atomic E-state index is 2.40. The van der Waals surface area contributed by atoms with Gasteiger partial charge in [-0.2, -0.15) is 0 Å². The molecule has 0 aliphatic heterocycles. The third kappa shape index (κ3) is 3.37. The minimum atomic E-state index is 0.157. The second-order valence-corrected chi connectivity index (χ2v) is 7.06. The quantitative estimate of drug-likeness (QED) is 0.626. The second kappa shape index (κ2) is 6.47. The first kappa shape index (κ1) is 15.8. The average Bonchev–Trinajstić information content (AvgIpc) is 2.48. The molecule has 0 nitrogen and oxygen atoms in total. The first-order chi connectivity index (χ1) is 9.94. The van der Waals surface area contributed by atoms with Gasteiger partial charge in [-0.15, -0.1) is 0 Å². The highest BCUT2D eigenvalue weighted by Gasteiger charge is 2.37. The van der Waals surface area contributed by atoms with Gasteiger partial charge >= 0.3 is 0 Å². The van der Waals surface area contributed by atoms with Crippen molar-refractivity contribution in [1.82, 2.24) is 0 Å². The molecule has 2 aromatic rings. The number of hydrogen-bond acceptors (Lipinski definition) is 0. The molecule has 2 rings (SSSR count). The van der Waals surface area contributed by atoms with Crippen LogP contribution in [0.25, 0.3) is 0 Å². The van der Waals surface area contributed by atoms with Gasteiger partial charge in [-0.3, -0.25) is 0 Å². The molecule has 0 aromatic heterocycles. The Bertz CT molecular complexity index is 537. The summed E-state index contributed by atoms with van der Waals surface area (Å²) in [4.78, 5) is 0. The van der Waals surface area contributed by atoms with Crippen molar-refractivity contribution in [3.8, 4) is 0 Å². The summed E-state index contributed by atoms with van der Waals surface area (Å²) in [7, 11) is 0. The van der Waals surface area contributed by atoms with Crippen LogP contribution in [0.3, 0.4) is 0 Å². The lowest BCUT2D eigenvalue weighted by atomic mass is 9.62. The zero-order chi connectivity index (χ0) is 15.5. The molecule has 21 heavy (non-hydrogen) atoms. The van der Waals surface area contributed by atoms with Crippen LogP contribution in [0.5, 0.6) is 0 Å². The van der Waals surface area contributed by atoms with E-state index in [1.54, 1.807) is 0 Å². The van der Waals surface area contributed by atoms with Gasteiger partial charge in [-0.25, -0.2) is 0 Å². The number of hydrogen-bond donors (Lipinski definition) is 0.